The van der Waals surface area contributed by atoms with E-state index in [9.17, 15) is 4.79 Å². The van der Waals surface area contributed by atoms with Gasteiger partial charge in [-0.2, -0.15) is 0 Å². The molecule has 1 fully saturated rings. The van der Waals surface area contributed by atoms with Gasteiger partial charge in [0.2, 0.25) is 0 Å². The first kappa shape index (κ1) is 20.1. The predicted octanol–water partition coefficient (Wildman–Crippen LogP) is 4.19. The van der Waals surface area contributed by atoms with Crippen LogP contribution in [0.5, 0.6) is 0 Å². The van der Waals surface area contributed by atoms with Gasteiger partial charge >= 0.3 is 0 Å². The van der Waals surface area contributed by atoms with Crippen molar-refractivity contribution in [2.24, 2.45) is 0 Å². The third-order valence-corrected chi connectivity index (χ3v) is 5.77. The molecule has 0 atom stereocenters. The molecule has 0 aliphatic carbocycles. The summed E-state index contributed by atoms with van der Waals surface area (Å²) in [5.41, 5.74) is 4.56. The molecule has 0 radical (unpaired) electrons. The van der Waals surface area contributed by atoms with Crippen LogP contribution < -0.4 is 10.2 Å². The van der Waals surface area contributed by atoms with Crippen molar-refractivity contribution in [2.75, 3.05) is 18.0 Å². The fourth-order valence-corrected chi connectivity index (χ4v) is 4.16. The van der Waals surface area contributed by atoms with Crippen molar-refractivity contribution < 1.29 is 4.79 Å². The summed E-state index contributed by atoms with van der Waals surface area (Å²) in [6.45, 7) is 6.59. The maximum absolute atomic E-state index is 12.8. The Balaban J connectivity index is 1.41. The smallest absolute Gasteiger partial charge is 0.253 e. The Morgan fingerprint density at radius 1 is 1.07 bits per heavy atom. The lowest BCUT2D eigenvalue weighted by Gasteiger charge is -2.21. The SMILES string of the molecule is Cc1cc(C(=O)NCc2ccc(N3CCCCCC3)nc2)c(C)n1-c1cccnc1. The highest BCUT2D eigenvalue weighted by molar-refractivity contribution is 5.95. The van der Waals surface area contributed by atoms with Gasteiger partial charge in [0, 0.05) is 43.4 Å². The van der Waals surface area contributed by atoms with Gasteiger partial charge in [-0.1, -0.05) is 18.9 Å². The van der Waals surface area contributed by atoms with Crippen LogP contribution in [0.3, 0.4) is 0 Å². The highest BCUT2D eigenvalue weighted by atomic mass is 16.1. The van der Waals surface area contributed by atoms with Gasteiger partial charge in [0.1, 0.15) is 5.82 Å². The molecule has 1 saturated heterocycles. The maximum atomic E-state index is 12.8. The van der Waals surface area contributed by atoms with Gasteiger partial charge in [-0.05, 0) is 56.5 Å². The second kappa shape index (κ2) is 9.11. The Kier molecular flexibility index (Phi) is 6.12. The summed E-state index contributed by atoms with van der Waals surface area (Å²) in [4.78, 5) is 24.0. The Morgan fingerprint density at radius 3 is 2.53 bits per heavy atom. The van der Waals surface area contributed by atoms with Crippen molar-refractivity contribution in [2.45, 2.75) is 46.1 Å². The van der Waals surface area contributed by atoms with Crippen LogP contribution in [-0.2, 0) is 6.54 Å². The number of rotatable bonds is 5. The monoisotopic (exact) mass is 403 g/mol. The zero-order valence-electron chi connectivity index (χ0n) is 17.8. The number of hydrogen-bond acceptors (Lipinski definition) is 4. The number of anilines is 1. The molecule has 3 aromatic heterocycles. The maximum Gasteiger partial charge on any atom is 0.253 e. The third kappa shape index (κ3) is 4.37. The number of aryl methyl sites for hydroxylation is 1. The molecule has 4 heterocycles. The third-order valence-electron chi connectivity index (χ3n) is 5.77. The molecule has 0 bridgehead atoms. The fourth-order valence-electron chi connectivity index (χ4n) is 4.16. The van der Waals surface area contributed by atoms with Crippen LogP contribution in [0, 0.1) is 13.8 Å². The normalized spacial score (nSPS) is 14.4. The molecule has 0 saturated carbocycles. The molecule has 30 heavy (non-hydrogen) atoms. The number of hydrogen-bond donors (Lipinski definition) is 1. The van der Waals surface area contributed by atoms with Gasteiger partial charge in [-0.25, -0.2) is 4.98 Å². The molecule has 4 rings (SSSR count). The molecular formula is C24H29N5O. The molecule has 0 unspecified atom stereocenters. The highest BCUT2D eigenvalue weighted by Gasteiger charge is 2.17. The number of nitrogens with zero attached hydrogens (tertiary/aromatic N) is 4. The number of aromatic nitrogens is 3. The molecule has 1 aliphatic rings. The minimum atomic E-state index is -0.0742. The van der Waals surface area contributed by atoms with E-state index >= 15 is 0 Å². The van der Waals surface area contributed by atoms with Crippen molar-refractivity contribution in [1.82, 2.24) is 19.9 Å². The molecule has 0 aromatic carbocycles. The van der Waals surface area contributed by atoms with E-state index in [1.807, 2.05) is 38.2 Å². The molecule has 1 N–H and O–H groups in total. The zero-order valence-corrected chi connectivity index (χ0v) is 17.8. The number of carbonyl (C=O) groups excluding carboxylic acids is 1. The summed E-state index contributed by atoms with van der Waals surface area (Å²) < 4.78 is 2.06. The van der Waals surface area contributed by atoms with Crippen molar-refractivity contribution >= 4 is 11.7 Å². The Morgan fingerprint density at radius 2 is 1.87 bits per heavy atom. The minimum Gasteiger partial charge on any atom is -0.357 e. The van der Waals surface area contributed by atoms with Crippen LogP contribution in [0.4, 0.5) is 5.82 Å². The van der Waals surface area contributed by atoms with Crippen LogP contribution in [0.15, 0.2) is 48.9 Å². The van der Waals surface area contributed by atoms with Crippen LogP contribution in [0.25, 0.3) is 5.69 Å². The topological polar surface area (TPSA) is 63.1 Å². The quantitative estimate of drug-likeness (QED) is 0.694. The summed E-state index contributed by atoms with van der Waals surface area (Å²) in [5.74, 6) is 0.960. The van der Waals surface area contributed by atoms with E-state index in [0.717, 1.165) is 41.5 Å². The lowest BCUT2D eigenvalue weighted by atomic mass is 10.2. The Labute approximate surface area is 178 Å². The van der Waals surface area contributed by atoms with Gasteiger partial charge in [0.25, 0.3) is 5.91 Å². The number of carbonyl (C=O) groups is 1. The first-order chi connectivity index (χ1) is 14.6. The average Bonchev–Trinajstić information content (AvgIpc) is 2.94. The predicted molar refractivity (Wildman–Crippen MR) is 119 cm³/mol. The van der Waals surface area contributed by atoms with E-state index in [1.54, 1.807) is 12.4 Å². The number of nitrogens with one attached hydrogen (secondary N) is 1. The van der Waals surface area contributed by atoms with Crippen LogP contribution in [0.1, 0.15) is 53.0 Å². The van der Waals surface area contributed by atoms with E-state index in [-0.39, 0.29) is 5.91 Å². The molecule has 0 spiro atoms. The van der Waals surface area contributed by atoms with Gasteiger partial charge in [-0.3, -0.25) is 9.78 Å². The van der Waals surface area contributed by atoms with E-state index in [1.165, 1.54) is 25.7 Å². The second-order valence-electron chi connectivity index (χ2n) is 7.94. The molecule has 3 aromatic rings. The van der Waals surface area contributed by atoms with Crippen LogP contribution in [-0.4, -0.2) is 33.5 Å². The standard InChI is InChI=1S/C24H29N5O/c1-18-14-22(19(2)29(18)21-8-7-11-25-17-21)24(30)27-16-20-9-10-23(26-15-20)28-12-5-3-4-6-13-28/h7-11,14-15,17H,3-6,12-13,16H2,1-2H3,(H,27,30). The number of pyridine rings is 2. The lowest BCUT2D eigenvalue weighted by Crippen LogP contribution is -2.25. The van der Waals surface area contributed by atoms with E-state index in [0.29, 0.717) is 12.1 Å². The van der Waals surface area contributed by atoms with E-state index in [2.05, 4.69) is 36.9 Å². The molecule has 1 amide bonds. The minimum absolute atomic E-state index is 0.0742. The van der Waals surface area contributed by atoms with E-state index < -0.39 is 0 Å². The van der Waals surface area contributed by atoms with Crippen molar-refractivity contribution in [3.63, 3.8) is 0 Å². The Hall–Kier alpha value is -3.15. The highest BCUT2D eigenvalue weighted by Crippen LogP contribution is 2.21. The first-order valence-corrected chi connectivity index (χ1v) is 10.7. The van der Waals surface area contributed by atoms with Crippen molar-refractivity contribution in [3.8, 4) is 5.69 Å². The zero-order chi connectivity index (χ0) is 20.9. The average molecular weight is 404 g/mol. The molecule has 156 valence electrons. The summed E-state index contributed by atoms with van der Waals surface area (Å²) in [5, 5.41) is 3.04. The van der Waals surface area contributed by atoms with Crippen molar-refractivity contribution in [3.05, 3.63) is 71.4 Å². The fraction of sp³-hybridized carbons (Fsp3) is 0.375. The lowest BCUT2D eigenvalue weighted by molar-refractivity contribution is 0.0950. The second-order valence-corrected chi connectivity index (χ2v) is 7.94. The first-order valence-electron chi connectivity index (χ1n) is 10.7. The Bertz CT molecular complexity index is 986. The largest absolute Gasteiger partial charge is 0.357 e. The summed E-state index contributed by atoms with van der Waals surface area (Å²) in [6, 6.07) is 9.95. The van der Waals surface area contributed by atoms with Crippen molar-refractivity contribution in [1.29, 1.82) is 0 Å². The molecule has 1 aliphatic heterocycles. The van der Waals surface area contributed by atoms with Gasteiger partial charge in [0.15, 0.2) is 0 Å². The summed E-state index contributed by atoms with van der Waals surface area (Å²) in [7, 11) is 0. The molecule has 6 heteroatoms. The van der Waals surface area contributed by atoms with Gasteiger partial charge < -0.3 is 14.8 Å². The summed E-state index contributed by atoms with van der Waals surface area (Å²) in [6.07, 6.45) is 10.5. The summed E-state index contributed by atoms with van der Waals surface area (Å²) >= 11 is 0. The van der Waals surface area contributed by atoms with E-state index in [4.69, 9.17) is 0 Å². The van der Waals surface area contributed by atoms with Gasteiger partial charge in [0.05, 0.1) is 17.4 Å². The van der Waals surface area contributed by atoms with Gasteiger partial charge in [-0.15, -0.1) is 0 Å². The molecular weight excluding hydrogens is 374 g/mol. The number of amides is 1. The molecule has 6 nitrogen and oxygen atoms in total. The van der Waals surface area contributed by atoms with Crippen LogP contribution in [0.2, 0.25) is 0 Å². The van der Waals surface area contributed by atoms with Crippen LogP contribution >= 0.6 is 0 Å².